The Hall–Kier alpha value is -1.84. The quantitative estimate of drug-likeness (QED) is 0.680. The highest BCUT2D eigenvalue weighted by atomic mass is 32.2. The number of hydrogen-bond acceptors (Lipinski definition) is 6. The van der Waals surface area contributed by atoms with Gasteiger partial charge in [-0.25, -0.2) is 13.1 Å². The lowest BCUT2D eigenvalue weighted by Gasteiger charge is -2.39. The predicted octanol–water partition coefficient (Wildman–Crippen LogP) is 2.09. The first kappa shape index (κ1) is 23.8. The zero-order chi connectivity index (χ0) is 22.6. The Morgan fingerprint density at radius 1 is 1.03 bits per heavy atom. The molecule has 0 radical (unpaired) electrons. The molecule has 8 nitrogen and oxygen atoms in total. The molecule has 1 aromatic rings. The maximum Gasteiger partial charge on any atom is 0.244 e. The van der Waals surface area contributed by atoms with E-state index in [1.165, 1.54) is 20.3 Å². The number of sulfonamides is 1. The van der Waals surface area contributed by atoms with Gasteiger partial charge >= 0.3 is 0 Å². The molecule has 0 aromatic heterocycles. The Kier molecular flexibility index (Phi) is 7.82. The lowest BCUT2D eigenvalue weighted by Crippen LogP contribution is -2.52. The summed E-state index contributed by atoms with van der Waals surface area (Å²) in [5.74, 6) is 0.990. The molecule has 1 aromatic carbocycles. The Bertz CT molecular complexity index is 858. The number of nitrogens with one attached hydrogen (secondary N) is 1. The topological polar surface area (TPSA) is 88.2 Å². The molecule has 1 heterocycles. The first-order valence-corrected chi connectivity index (χ1v) is 12.5. The number of benzene rings is 1. The van der Waals surface area contributed by atoms with Crippen LogP contribution in [-0.4, -0.2) is 76.6 Å². The van der Waals surface area contributed by atoms with Gasteiger partial charge in [0.2, 0.25) is 15.9 Å². The van der Waals surface area contributed by atoms with Crippen LogP contribution in [0.25, 0.3) is 0 Å². The maximum atomic E-state index is 12.9. The van der Waals surface area contributed by atoms with Gasteiger partial charge in [-0.1, -0.05) is 0 Å². The zero-order valence-corrected chi connectivity index (χ0v) is 19.8. The van der Waals surface area contributed by atoms with Gasteiger partial charge in [0.05, 0.1) is 14.2 Å². The van der Waals surface area contributed by atoms with E-state index in [0.29, 0.717) is 37.5 Å². The monoisotopic (exact) mass is 453 g/mol. The molecule has 9 heteroatoms. The fourth-order valence-electron chi connectivity index (χ4n) is 4.45. The summed E-state index contributed by atoms with van der Waals surface area (Å²) in [6.45, 7) is 7.76. The number of carbonyl (C=O) groups excluding carboxylic acids is 1. The van der Waals surface area contributed by atoms with Crippen LogP contribution < -0.4 is 14.2 Å². The van der Waals surface area contributed by atoms with Crippen molar-refractivity contribution >= 4 is 15.9 Å². The van der Waals surface area contributed by atoms with Crippen molar-refractivity contribution in [2.45, 2.75) is 56.5 Å². The third-order valence-electron chi connectivity index (χ3n) is 6.41. The molecule has 0 unspecified atom stereocenters. The van der Waals surface area contributed by atoms with Crippen molar-refractivity contribution in [3.8, 4) is 11.5 Å². The highest BCUT2D eigenvalue weighted by Crippen LogP contribution is 2.31. The number of nitrogens with zero attached hydrogens (tertiary/aromatic N) is 2. The minimum Gasteiger partial charge on any atom is -0.497 e. The van der Waals surface area contributed by atoms with Crippen LogP contribution in [0, 0.1) is 5.92 Å². The maximum absolute atomic E-state index is 12.9. The number of piperazine rings is 1. The normalized spacial score (nSPS) is 23.1. The molecule has 31 heavy (non-hydrogen) atoms. The molecular weight excluding hydrogens is 418 g/mol. The van der Waals surface area contributed by atoms with Crippen LogP contribution in [0.15, 0.2) is 23.1 Å². The minimum atomic E-state index is -3.73. The van der Waals surface area contributed by atoms with Gasteiger partial charge in [-0.2, -0.15) is 0 Å². The third kappa shape index (κ3) is 5.70. The fraction of sp³-hybridized carbons (Fsp3) is 0.682. The molecule has 3 rings (SSSR count). The Labute approximate surface area is 185 Å². The van der Waals surface area contributed by atoms with Gasteiger partial charge in [0.1, 0.15) is 16.4 Å². The summed E-state index contributed by atoms with van der Waals surface area (Å²) < 4.78 is 39.0. The SMILES string of the molecule is COc1ccc(S(=O)(=O)N[C@H]2CC[C@H](C(=O)N3CCN(C(C)C)CC3)CC2)c(OC)c1. The van der Waals surface area contributed by atoms with Gasteiger partial charge in [0.25, 0.3) is 0 Å². The zero-order valence-electron chi connectivity index (χ0n) is 19.0. The second kappa shape index (κ2) is 10.2. The second-order valence-corrected chi connectivity index (χ2v) is 10.3. The molecule has 0 atom stereocenters. The Morgan fingerprint density at radius 3 is 2.23 bits per heavy atom. The van der Waals surface area contributed by atoms with Crippen LogP contribution in [0.2, 0.25) is 0 Å². The smallest absolute Gasteiger partial charge is 0.244 e. The van der Waals surface area contributed by atoms with Crippen LogP contribution in [-0.2, 0) is 14.8 Å². The standard InChI is InChI=1S/C22H35N3O5S/c1-16(2)24-11-13-25(14-12-24)22(26)17-5-7-18(8-6-17)23-31(27,28)21-10-9-19(29-3)15-20(21)30-4/h9-10,15-18,23H,5-8,11-14H2,1-4H3/t17-,18-. The Balaban J connectivity index is 1.55. The highest BCUT2D eigenvalue weighted by Gasteiger charge is 2.33. The summed E-state index contributed by atoms with van der Waals surface area (Å²) in [7, 11) is -0.776. The van der Waals surface area contributed by atoms with Crippen molar-refractivity contribution in [1.82, 2.24) is 14.5 Å². The number of methoxy groups -OCH3 is 2. The van der Waals surface area contributed by atoms with Gasteiger partial charge in [-0.05, 0) is 51.7 Å². The van der Waals surface area contributed by atoms with E-state index in [4.69, 9.17) is 9.47 Å². The Morgan fingerprint density at radius 2 is 1.68 bits per heavy atom. The summed E-state index contributed by atoms with van der Waals surface area (Å²) in [6, 6.07) is 4.98. The second-order valence-electron chi connectivity index (χ2n) is 8.64. The summed E-state index contributed by atoms with van der Waals surface area (Å²) in [6.07, 6.45) is 2.71. The molecule has 1 saturated heterocycles. The van der Waals surface area contributed by atoms with Crippen molar-refractivity contribution in [3.05, 3.63) is 18.2 Å². The molecule has 1 aliphatic heterocycles. The predicted molar refractivity (Wildman–Crippen MR) is 119 cm³/mol. The molecule has 2 aliphatic rings. The van der Waals surface area contributed by atoms with E-state index < -0.39 is 10.0 Å². The number of rotatable bonds is 7. The van der Waals surface area contributed by atoms with Crippen LogP contribution in [0.5, 0.6) is 11.5 Å². The molecule has 2 fully saturated rings. The van der Waals surface area contributed by atoms with Crippen molar-refractivity contribution in [2.24, 2.45) is 5.92 Å². The van der Waals surface area contributed by atoms with Crippen LogP contribution >= 0.6 is 0 Å². The van der Waals surface area contributed by atoms with E-state index in [1.54, 1.807) is 12.1 Å². The summed E-state index contributed by atoms with van der Waals surface area (Å²) >= 11 is 0. The summed E-state index contributed by atoms with van der Waals surface area (Å²) in [4.78, 5) is 17.4. The molecular formula is C22H35N3O5S. The minimum absolute atomic E-state index is 0.0122. The van der Waals surface area contributed by atoms with Gasteiger partial charge in [0.15, 0.2) is 0 Å². The van der Waals surface area contributed by atoms with Crippen molar-refractivity contribution in [1.29, 1.82) is 0 Å². The van der Waals surface area contributed by atoms with Crippen molar-refractivity contribution in [3.63, 3.8) is 0 Å². The van der Waals surface area contributed by atoms with Crippen LogP contribution in [0.3, 0.4) is 0 Å². The third-order valence-corrected chi connectivity index (χ3v) is 7.97. The number of amides is 1. The van der Waals surface area contributed by atoms with Gasteiger partial charge in [-0.15, -0.1) is 0 Å². The molecule has 1 amide bonds. The number of ether oxygens (including phenoxy) is 2. The molecule has 174 valence electrons. The largest absolute Gasteiger partial charge is 0.497 e. The van der Waals surface area contributed by atoms with Gasteiger partial charge in [-0.3, -0.25) is 9.69 Å². The average molecular weight is 454 g/mol. The number of hydrogen-bond donors (Lipinski definition) is 1. The van der Waals surface area contributed by atoms with Crippen LogP contribution in [0.1, 0.15) is 39.5 Å². The van der Waals surface area contributed by atoms with Crippen molar-refractivity contribution in [2.75, 3.05) is 40.4 Å². The van der Waals surface area contributed by atoms with Gasteiger partial charge < -0.3 is 14.4 Å². The van der Waals surface area contributed by atoms with E-state index in [1.807, 2.05) is 4.90 Å². The molecule has 0 spiro atoms. The van der Waals surface area contributed by atoms with Crippen molar-refractivity contribution < 1.29 is 22.7 Å². The van der Waals surface area contributed by atoms with Crippen LogP contribution in [0.4, 0.5) is 0 Å². The van der Waals surface area contributed by atoms with E-state index >= 15 is 0 Å². The van der Waals surface area contributed by atoms with E-state index in [2.05, 4.69) is 23.5 Å². The average Bonchev–Trinajstić information content (AvgIpc) is 2.78. The summed E-state index contributed by atoms with van der Waals surface area (Å²) in [5.41, 5.74) is 0. The lowest BCUT2D eigenvalue weighted by atomic mass is 9.85. The van der Waals surface area contributed by atoms with E-state index in [0.717, 1.165) is 26.2 Å². The van der Waals surface area contributed by atoms with E-state index in [-0.39, 0.29) is 28.5 Å². The van der Waals surface area contributed by atoms with E-state index in [9.17, 15) is 13.2 Å². The first-order chi connectivity index (χ1) is 14.7. The molecule has 1 aliphatic carbocycles. The lowest BCUT2D eigenvalue weighted by molar-refractivity contribution is -0.138. The van der Waals surface area contributed by atoms with Gasteiger partial charge in [0, 0.05) is 50.2 Å². The fourth-order valence-corrected chi connectivity index (χ4v) is 5.91. The molecule has 1 N–H and O–H groups in total. The molecule has 1 saturated carbocycles. The summed E-state index contributed by atoms with van der Waals surface area (Å²) in [5, 5.41) is 0. The number of carbonyl (C=O) groups is 1. The first-order valence-electron chi connectivity index (χ1n) is 11.0. The highest BCUT2D eigenvalue weighted by molar-refractivity contribution is 7.89. The molecule has 0 bridgehead atoms.